The third kappa shape index (κ3) is 2.66. The van der Waals surface area contributed by atoms with Gasteiger partial charge in [0.25, 0.3) is 0 Å². The molecule has 2 rings (SSSR count). The summed E-state index contributed by atoms with van der Waals surface area (Å²) in [6.07, 6.45) is 1.97. The zero-order valence-electron chi connectivity index (χ0n) is 10.3. The van der Waals surface area contributed by atoms with Crippen molar-refractivity contribution < 1.29 is 13.5 Å². The van der Waals surface area contributed by atoms with Crippen LogP contribution in [0.3, 0.4) is 0 Å². The number of hydrogen-bond acceptors (Lipinski definition) is 2. The Morgan fingerprint density at radius 2 is 2.00 bits per heavy atom. The Morgan fingerprint density at radius 3 is 2.56 bits per heavy atom. The molecule has 1 fully saturated rings. The van der Waals surface area contributed by atoms with E-state index in [1.165, 1.54) is 0 Å². The second-order valence-corrected chi connectivity index (χ2v) is 5.02. The highest BCUT2D eigenvalue weighted by molar-refractivity contribution is 6.31. The predicted octanol–water partition coefficient (Wildman–Crippen LogP) is 3.45. The Kier molecular flexibility index (Phi) is 4.20. The first kappa shape index (κ1) is 13.7. The molecule has 0 saturated carbocycles. The van der Waals surface area contributed by atoms with Gasteiger partial charge in [0.1, 0.15) is 0 Å². The maximum atomic E-state index is 13.3. The van der Waals surface area contributed by atoms with E-state index in [9.17, 15) is 8.78 Å². The summed E-state index contributed by atoms with van der Waals surface area (Å²) in [5, 5.41) is 3.29. The largest absolute Gasteiger partial charge is 0.373 e. The van der Waals surface area contributed by atoms with Crippen LogP contribution in [0.25, 0.3) is 0 Å². The highest BCUT2D eigenvalue weighted by Crippen LogP contribution is 2.34. The summed E-state index contributed by atoms with van der Waals surface area (Å²) in [6.45, 7) is 2.00. The molecule has 0 radical (unpaired) electrons. The minimum atomic E-state index is -0.931. The quantitative estimate of drug-likeness (QED) is 0.853. The minimum absolute atomic E-state index is 0.0626. The number of ether oxygens (including phenoxy) is 1. The Morgan fingerprint density at radius 1 is 1.33 bits per heavy atom. The van der Waals surface area contributed by atoms with E-state index in [1.54, 1.807) is 7.05 Å². The van der Waals surface area contributed by atoms with Crippen LogP contribution in [0.4, 0.5) is 8.78 Å². The van der Waals surface area contributed by atoms with Crippen LogP contribution in [0.2, 0.25) is 5.02 Å². The van der Waals surface area contributed by atoms with E-state index >= 15 is 0 Å². The predicted molar refractivity (Wildman–Crippen MR) is 66.7 cm³/mol. The van der Waals surface area contributed by atoms with Crippen LogP contribution < -0.4 is 5.32 Å². The summed E-state index contributed by atoms with van der Waals surface area (Å²) in [6, 6.07) is 1.93. The van der Waals surface area contributed by atoms with E-state index in [1.807, 2.05) is 6.92 Å². The van der Waals surface area contributed by atoms with Crippen LogP contribution in [-0.2, 0) is 4.74 Å². The summed E-state index contributed by atoms with van der Waals surface area (Å²) in [7, 11) is 1.76. The minimum Gasteiger partial charge on any atom is -0.373 e. The van der Waals surface area contributed by atoms with Gasteiger partial charge in [0.15, 0.2) is 11.6 Å². The smallest absolute Gasteiger partial charge is 0.160 e. The van der Waals surface area contributed by atoms with Crippen molar-refractivity contribution in [2.75, 3.05) is 7.05 Å². The fraction of sp³-hybridized carbons (Fsp3) is 0.538. The van der Waals surface area contributed by atoms with Crippen LogP contribution in [0.5, 0.6) is 0 Å². The second kappa shape index (κ2) is 5.51. The van der Waals surface area contributed by atoms with Gasteiger partial charge >= 0.3 is 0 Å². The van der Waals surface area contributed by atoms with Gasteiger partial charge in [0.05, 0.1) is 18.2 Å². The van der Waals surface area contributed by atoms with Crippen molar-refractivity contribution in [3.05, 3.63) is 34.4 Å². The molecule has 1 aliphatic rings. The SMILES string of the molecule is CNC(c1cc(F)c(F)cc1Cl)C1CCC(C)O1. The van der Waals surface area contributed by atoms with Gasteiger partial charge < -0.3 is 10.1 Å². The molecule has 1 saturated heterocycles. The van der Waals surface area contributed by atoms with Crippen LogP contribution >= 0.6 is 11.6 Å². The van der Waals surface area contributed by atoms with Crippen LogP contribution in [0, 0.1) is 11.6 Å². The van der Waals surface area contributed by atoms with Gasteiger partial charge in [-0.3, -0.25) is 0 Å². The lowest BCUT2D eigenvalue weighted by Gasteiger charge is -2.24. The van der Waals surface area contributed by atoms with Crippen molar-refractivity contribution in [1.82, 2.24) is 5.32 Å². The van der Waals surface area contributed by atoms with E-state index in [0.717, 1.165) is 25.0 Å². The number of benzene rings is 1. The van der Waals surface area contributed by atoms with Crippen molar-refractivity contribution >= 4 is 11.6 Å². The Bertz CT molecular complexity index is 441. The maximum Gasteiger partial charge on any atom is 0.160 e. The maximum absolute atomic E-state index is 13.3. The van der Waals surface area contributed by atoms with Crippen LogP contribution in [-0.4, -0.2) is 19.3 Å². The number of nitrogens with one attached hydrogen (secondary N) is 1. The zero-order valence-corrected chi connectivity index (χ0v) is 11.1. The molecular weight excluding hydrogens is 260 g/mol. The number of halogens is 3. The van der Waals surface area contributed by atoms with Gasteiger partial charge in [-0.25, -0.2) is 8.78 Å². The average Bonchev–Trinajstić information content (AvgIpc) is 2.73. The van der Waals surface area contributed by atoms with E-state index in [4.69, 9.17) is 16.3 Å². The molecule has 100 valence electrons. The van der Waals surface area contributed by atoms with Gasteiger partial charge in [-0.05, 0) is 44.5 Å². The van der Waals surface area contributed by atoms with E-state index < -0.39 is 11.6 Å². The fourth-order valence-electron chi connectivity index (χ4n) is 2.40. The topological polar surface area (TPSA) is 21.3 Å². The van der Waals surface area contributed by atoms with Gasteiger partial charge in [-0.1, -0.05) is 11.6 Å². The summed E-state index contributed by atoms with van der Waals surface area (Å²) in [5.74, 6) is -1.82. The molecule has 1 N–H and O–H groups in total. The number of hydrogen-bond donors (Lipinski definition) is 1. The molecular formula is C13H16ClF2NO. The molecule has 18 heavy (non-hydrogen) atoms. The fourth-order valence-corrected chi connectivity index (χ4v) is 2.66. The number of likely N-dealkylation sites (N-methyl/N-ethyl adjacent to an activating group) is 1. The van der Waals surface area contributed by atoms with Crippen molar-refractivity contribution in [3.8, 4) is 0 Å². The lowest BCUT2D eigenvalue weighted by Crippen LogP contribution is -2.30. The first-order valence-corrected chi connectivity index (χ1v) is 6.38. The molecule has 0 amide bonds. The summed E-state index contributed by atoms with van der Waals surface area (Å²) in [5.41, 5.74) is 0.539. The molecule has 0 spiro atoms. The average molecular weight is 276 g/mol. The highest BCUT2D eigenvalue weighted by Gasteiger charge is 2.31. The van der Waals surface area contributed by atoms with Crippen molar-refractivity contribution in [1.29, 1.82) is 0 Å². The lowest BCUT2D eigenvalue weighted by molar-refractivity contribution is 0.0332. The normalized spacial score (nSPS) is 25.4. The van der Waals surface area contributed by atoms with E-state index in [2.05, 4.69) is 5.32 Å². The van der Waals surface area contributed by atoms with Crippen molar-refractivity contribution in [2.45, 2.75) is 38.0 Å². The molecule has 1 heterocycles. The van der Waals surface area contributed by atoms with Gasteiger partial charge in [0, 0.05) is 5.02 Å². The summed E-state index contributed by atoms with van der Waals surface area (Å²) < 4.78 is 32.1. The first-order chi connectivity index (χ1) is 8.52. The summed E-state index contributed by atoms with van der Waals surface area (Å²) >= 11 is 5.99. The van der Waals surface area contributed by atoms with Crippen molar-refractivity contribution in [2.24, 2.45) is 0 Å². The zero-order chi connectivity index (χ0) is 13.3. The van der Waals surface area contributed by atoms with Gasteiger partial charge in [-0.15, -0.1) is 0 Å². The van der Waals surface area contributed by atoms with Crippen LogP contribution in [0.1, 0.15) is 31.4 Å². The molecule has 1 aliphatic heterocycles. The number of rotatable bonds is 3. The molecule has 3 atom stereocenters. The molecule has 5 heteroatoms. The Balaban J connectivity index is 2.30. The molecule has 0 aromatic heterocycles. The molecule has 0 aliphatic carbocycles. The Hall–Kier alpha value is -0.710. The Labute approximate surface area is 110 Å². The molecule has 1 aromatic carbocycles. The molecule has 1 aromatic rings. The standard InChI is InChI=1S/C13H16ClF2NO/c1-7-3-4-12(18-7)13(17-2)8-5-10(15)11(16)6-9(8)14/h5-7,12-13,17H,3-4H2,1-2H3. The van der Waals surface area contributed by atoms with E-state index in [0.29, 0.717) is 5.56 Å². The van der Waals surface area contributed by atoms with Gasteiger partial charge in [-0.2, -0.15) is 0 Å². The second-order valence-electron chi connectivity index (χ2n) is 4.62. The van der Waals surface area contributed by atoms with E-state index in [-0.39, 0.29) is 23.3 Å². The molecule has 3 unspecified atom stereocenters. The van der Waals surface area contributed by atoms with Gasteiger partial charge in [0.2, 0.25) is 0 Å². The third-order valence-corrected chi connectivity index (χ3v) is 3.65. The van der Waals surface area contributed by atoms with Crippen LogP contribution in [0.15, 0.2) is 12.1 Å². The highest BCUT2D eigenvalue weighted by atomic mass is 35.5. The third-order valence-electron chi connectivity index (χ3n) is 3.32. The molecule has 0 bridgehead atoms. The molecule has 2 nitrogen and oxygen atoms in total. The monoisotopic (exact) mass is 275 g/mol. The first-order valence-electron chi connectivity index (χ1n) is 6.00. The summed E-state index contributed by atoms with van der Waals surface area (Å²) in [4.78, 5) is 0. The lowest BCUT2D eigenvalue weighted by atomic mass is 9.99. The van der Waals surface area contributed by atoms with Crippen molar-refractivity contribution in [3.63, 3.8) is 0 Å².